The number of hydrogen-bond donors (Lipinski definition) is 2. The summed E-state index contributed by atoms with van der Waals surface area (Å²) in [6, 6.07) is 4.23. The van der Waals surface area contributed by atoms with Crippen LogP contribution >= 0.6 is 11.3 Å². The van der Waals surface area contributed by atoms with Gasteiger partial charge in [0.25, 0.3) is 0 Å². The Balaban J connectivity index is 1.73. The molecule has 0 spiro atoms. The highest BCUT2D eigenvalue weighted by molar-refractivity contribution is 7.11. The van der Waals surface area contributed by atoms with Gasteiger partial charge in [0.05, 0.1) is 6.54 Å². The summed E-state index contributed by atoms with van der Waals surface area (Å²) in [7, 11) is 0. The molecule has 1 aliphatic rings. The Bertz CT molecular complexity index is 366. The molecule has 1 saturated carbocycles. The van der Waals surface area contributed by atoms with E-state index in [1.165, 1.54) is 29.0 Å². The Morgan fingerprint density at radius 1 is 1.56 bits per heavy atom. The molecule has 1 heterocycles. The van der Waals surface area contributed by atoms with Gasteiger partial charge < -0.3 is 11.1 Å². The summed E-state index contributed by atoms with van der Waals surface area (Å²) in [4.78, 5) is 6.93. The van der Waals surface area contributed by atoms with Crippen LogP contribution in [0.5, 0.6) is 0 Å². The lowest BCUT2D eigenvalue weighted by molar-refractivity contribution is 0.315. The molecule has 0 saturated heterocycles. The van der Waals surface area contributed by atoms with Crippen LogP contribution in [0.4, 0.5) is 0 Å². The molecule has 0 amide bonds. The van der Waals surface area contributed by atoms with Crippen LogP contribution in [0.25, 0.3) is 0 Å². The van der Waals surface area contributed by atoms with Crippen LogP contribution in [0.1, 0.15) is 29.0 Å². The molecule has 3 N–H and O–H groups in total. The van der Waals surface area contributed by atoms with Gasteiger partial charge in [0.1, 0.15) is 0 Å². The van der Waals surface area contributed by atoms with Crippen molar-refractivity contribution in [2.75, 3.05) is 6.54 Å². The molecule has 4 heteroatoms. The summed E-state index contributed by atoms with van der Waals surface area (Å²) in [5, 5.41) is 3.19. The fraction of sp³-hybridized carbons (Fsp3) is 0.583. The van der Waals surface area contributed by atoms with Crippen molar-refractivity contribution in [2.45, 2.75) is 32.7 Å². The first-order chi connectivity index (χ1) is 7.74. The van der Waals surface area contributed by atoms with E-state index in [2.05, 4.69) is 29.4 Å². The second-order valence-corrected chi connectivity index (χ2v) is 5.76. The highest BCUT2D eigenvalue weighted by Gasteiger charge is 2.16. The Kier molecular flexibility index (Phi) is 3.83. The summed E-state index contributed by atoms with van der Waals surface area (Å²) in [5.74, 6) is 1.40. The average molecular weight is 237 g/mol. The SMILES string of the molecule is Cc1ccc(CN=C(N)NCC2CCC2)s1. The van der Waals surface area contributed by atoms with Gasteiger partial charge in [-0.05, 0) is 37.8 Å². The quantitative estimate of drug-likeness (QED) is 0.623. The lowest BCUT2D eigenvalue weighted by Crippen LogP contribution is -2.37. The summed E-state index contributed by atoms with van der Waals surface area (Å²) in [6.07, 6.45) is 4.05. The Morgan fingerprint density at radius 3 is 2.94 bits per heavy atom. The summed E-state index contributed by atoms with van der Waals surface area (Å²) >= 11 is 1.78. The number of nitrogens with one attached hydrogen (secondary N) is 1. The summed E-state index contributed by atoms with van der Waals surface area (Å²) < 4.78 is 0. The van der Waals surface area contributed by atoms with Crippen molar-refractivity contribution in [1.29, 1.82) is 0 Å². The van der Waals surface area contributed by atoms with Gasteiger partial charge in [-0.1, -0.05) is 6.42 Å². The molecule has 16 heavy (non-hydrogen) atoms. The van der Waals surface area contributed by atoms with Gasteiger partial charge in [0.15, 0.2) is 5.96 Å². The minimum Gasteiger partial charge on any atom is -0.370 e. The van der Waals surface area contributed by atoms with Gasteiger partial charge in [0.2, 0.25) is 0 Å². The normalized spacial score (nSPS) is 17.2. The van der Waals surface area contributed by atoms with Crippen molar-refractivity contribution in [1.82, 2.24) is 5.32 Å². The van der Waals surface area contributed by atoms with Crippen molar-refractivity contribution in [2.24, 2.45) is 16.6 Å². The first-order valence-corrected chi connectivity index (χ1v) is 6.65. The molecular weight excluding hydrogens is 218 g/mol. The van der Waals surface area contributed by atoms with Crippen molar-refractivity contribution in [3.05, 3.63) is 21.9 Å². The minimum absolute atomic E-state index is 0.581. The number of nitrogens with zero attached hydrogens (tertiary/aromatic N) is 1. The molecule has 0 aliphatic heterocycles. The van der Waals surface area contributed by atoms with Gasteiger partial charge in [-0.3, -0.25) is 0 Å². The smallest absolute Gasteiger partial charge is 0.188 e. The maximum absolute atomic E-state index is 5.80. The van der Waals surface area contributed by atoms with Crippen molar-refractivity contribution >= 4 is 17.3 Å². The van der Waals surface area contributed by atoms with E-state index in [1.807, 2.05) is 0 Å². The second-order valence-electron chi connectivity index (χ2n) is 4.39. The zero-order valence-electron chi connectivity index (χ0n) is 9.70. The van der Waals surface area contributed by atoms with Crippen LogP contribution < -0.4 is 11.1 Å². The van der Waals surface area contributed by atoms with Gasteiger partial charge in [0, 0.05) is 16.3 Å². The van der Waals surface area contributed by atoms with Crippen LogP contribution in [-0.2, 0) is 6.54 Å². The fourth-order valence-corrected chi connectivity index (χ4v) is 2.55. The third kappa shape index (κ3) is 3.23. The average Bonchev–Trinajstić information content (AvgIpc) is 2.59. The van der Waals surface area contributed by atoms with Crippen molar-refractivity contribution < 1.29 is 0 Å². The standard InChI is InChI=1S/C12H19N3S/c1-9-5-6-11(16-9)8-15-12(13)14-7-10-3-2-4-10/h5-6,10H,2-4,7-8H2,1H3,(H3,13,14,15). The number of nitrogens with two attached hydrogens (primary N) is 1. The largest absolute Gasteiger partial charge is 0.370 e. The molecule has 1 fully saturated rings. The molecule has 0 radical (unpaired) electrons. The highest BCUT2D eigenvalue weighted by atomic mass is 32.1. The number of guanidine groups is 1. The Labute approximate surface area is 101 Å². The van der Waals surface area contributed by atoms with Crippen molar-refractivity contribution in [3.63, 3.8) is 0 Å². The third-order valence-electron chi connectivity index (χ3n) is 3.00. The van der Waals surface area contributed by atoms with Gasteiger partial charge in [-0.2, -0.15) is 0 Å². The van der Waals surface area contributed by atoms with Gasteiger partial charge in [-0.25, -0.2) is 4.99 Å². The number of thiophene rings is 1. The van der Waals surface area contributed by atoms with E-state index in [0.29, 0.717) is 12.5 Å². The second kappa shape index (κ2) is 5.34. The zero-order valence-corrected chi connectivity index (χ0v) is 10.5. The topological polar surface area (TPSA) is 50.4 Å². The first kappa shape index (κ1) is 11.5. The minimum atomic E-state index is 0.581. The molecule has 88 valence electrons. The predicted octanol–water partition coefficient (Wildman–Crippen LogP) is 2.26. The maximum Gasteiger partial charge on any atom is 0.188 e. The molecular formula is C12H19N3S. The van der Waals surface area contributed by atoms with E-state index in [1.54, 1.807) is 11.3 Å². The predicted molar refractivity (Wildman–Crippen MR) is 69.7 cm³/mol. The van der Waals surface area contributed by atoms with E-state index < -0.39 is 0 Å². The van der Waals surface area contributed by atoms with E-state index >= 15 is 0 Å². The molecule has 0 aromatic carbocycles. The monoisotopic (exact) mass is 237 g/mol. The van der Waals surface area contributed by atoms with Crippen LogP contribution in [-0.4, -0.2) is 12.5 Å². The van der Waals surface area contributed by atoms with E-state index in [4.69, 9.17) is 5.73 Å². The number of rotatable bonds is 4. The summed E-state index contributed by atoms with van der Waals surface area (Å²) in [6.45, 7) is 3.79. The van der Waals surface area contributed by atoms with Gasteiger partial charge >= 0.3 is 0 Å². The Morgan fingerprint density at radius 2 is 2.38 bits per heavy atom. The lowest BCUT2D eigenvalue weighted by atomic mass is 9.85. The zero-order chi connectivity index (χ0) is 11.4. The molecule has 1 aromatic heterocycles. The summed E-state index contributed by atoms with van der Waals surface area (Å²) in [5.41, 5.74) is 5.80. The molecule has 0 unspecified atom stereocenters. The van der Waals surface area contributed by atoms with Crippen LogP contribution in [0.3, 0.4) is 0 Å². The molecule has 3 nitrogen and oxygen atoms in total. The Hall–Kier alpha value is -1.03. The molecule has 1 aliphatic carbocycles. The number of aliphatic imine (C=N–C) groups is 1. The third-order valence-corrected chi connectivity index (χ3v) is 3.98. The first-order valence-electron chi connectivity index (χ1n) is 5.83. The fourth-order valence-electron chi connectivity index (χ4n) is 1.73. The number of hydrogen-bond acceptors (Lipinski definition) is 2. The van der Waals surface area contributed by atoms with E-state index in [0.717, 1.165) is 12.5 Å². The van der Waals surface area contributed by atoms with E-state index in [-0.39, 0.29) is 0 Å². The molecule has 0 bridgehead atoms. The van der Waals surface area contributed by atoms with Crippen LogP contribution in [0, 0.1) is 12.8 Å². The van der Waals surface area contributed by atoms with E-state index in [9.17, 15) is 0 Å². The highest BCUT2D eigenvalue weighted by Crippen LogP contribution is 2.25. The molecule has 0 atom stereocenters. The molecule has 2 rings (SSSR count). The maximum atomic E-state index is 5.80. The van der Waals surface area contributed by atoms with Crippen molar-refractivity contribution in [3.8, 4) is 0 Å². The number of aryl methyl sites for hydroxylation is 1. The van der Waals surface area contributed by atoms with Gasteiger partial charge in [-0.15, -0.1) is 11.3 Å². The molecule has 1 aromatic rings. The lowest BCUT2D eigenvalue weighted by Gasteiger charge is -2.25. The van der Waals surface area contributed by atoms with Crippen LogP contribution in [0.15, 0.2) is 17.1 Å². The van der Waals surface area contributed by atoms with Crippen LogP contribution in [0.2, 0.25) is 0 Å².